The molecule has 3 N–H and O–H groups in total. The molecule has 0 spiro atoms. The molecule has 1 heterocycles. The molecule has 0 aromatic carbocycles. The zero-order valence-corrected chi connectivity index (χ0v) is 10.6. The molecular weight excluding hydrogens is 238 g/mol. The average molecular weight is 257 g/mol. The van der Waals surface area contributed by atoms with E-state index in [1.54, 1.807) is 13.8 Å². The summed E-state index contributed by atoms with van der Waals surface area (Å²) in [5.41, 5.74) is 4.50. The third-order valence-corrected chi connectivity index (χ3v) is 3.16. The van der Waals surface area contributed by atoms with Gasteiger partial charge in [0, 0.05) is 20.4 Å². The van der Waals surface area contributed by atoms with Crippen LogP contribution in [0.5, 0.6) is 0 Å². The fraction of sp³-hybridized carbons (Fsp3) is 0.727. The number of aliphatic carboxylic acids is 1. The van der Waals surface area contributed by atoms with Gasteiger partial charge in [0.15, 0.2) is 0 Å². The fourth-order valence-electron chi connectivity index (χ4n) is 1.86. The fourth-order valence-corrected chi connectivity index (χ4v) is 1.86. The molecule has 1 atom stereocenters. The van der Waals surface area contributed by atoms with Gasteiger partial charge in [-0.3, -0.25) is 14.5 Å². The highest BCUT2D eigenvalue weighted by Crippen LogP contribution is 2.20. The molecule has 1 aliphatic heterocycles. The second kappa shape index (κ2) is 5.34. The van der Waals surface area contributed by atoms with E-state index in [1.165, 1.54) is 4.90 Å². The van der Waals surface area contributed by atoms with Crippen molar-refractivity contribution in [2.45, 2.75) is 44.8 Å². The Labute approximate surface area is 105 Å². The van der Waals surface area contributed by atoms with Crippen LogP contribution in [0, 0.1) is 5.21 Å². The molecule has 102 valence electrons. The molecule has 0 bridgehead atoms. The van der Waals surface area contributed by atoms with Crippen LogP contribution in [0.25, 0.3) is 0 Å². The second-order valence-electron chi connectivity index (χ2n) is 4.88. The zero-order chi connectivity index (χ0) is 13.9. The molecule has 1 aliphatic rings. The molecule has 1 amide bonds. The van der Waals surface area contributed by atoms with Gasteiger partial charge in [0.25, 0.3) is 0 Å². The maximum atomic E-state index is 11.5. The third-order valence-electron chi connectivity index (χ3n) is 3.16. The second-order valence-corrected chi connectivity index (χ2v) is 4.88. The topological polar surface area (TPSA) is 110 Å². The van der Waals surface area contributed by atoms with E-state index in [9.17, 15) is 14.8 Å². The number of hydrogen-bond donors (Lipinski definition) is 2. The van der Waals surface area contributed by atoms with E-state index in [0.717, 1.165) is 6.21 Å². The lowest BCUT2D eigenvalue weighted by Crippen LogP contribution is -2.47. The number of carboxylic acid groups (broad SMARTS) is 1. The third kappa shape index (κ3) is 2.98. The summed E-state index contributed by atoms with van der Waals surface area (Å²) < 4.78 is 0.637. The molecule has 0 aromatic heterocycles. The number of rotatable bonds is 6. The van der Waals surface area contributed by atoms with Gasteiger partial charge in [0.1, 0.15) is 6.04 Å². The molecule has 0 unspecified atom stereocenters. The van der Waals surface area contributed by atoms with Crippen molar-refractivity contribution in [3.8, 4) is 0 Å². The predicted molar refractivity (Wildman–Crippen MR) is 64.9 cm³/mol. The van der Waals surface area contributed by atoms with E-state index in [4.69, 9.17) is 10.8 Å². The molecule has 7 heteroatoms. The van der Waals surface area contributed by atoms with E-state index >= 15 is 0 Å². The van der Waals surface area contributed by atoms with Crippen LogP contribution in [0.2, 0.25) is 0 Å². The van der Waals surface area contributed by atoms with Crippen LogP contribution in [0.1, 0.15) is 33.1 Å². The van der Waals surface area contributed by atoms with Crippen LogP contribution in [0.3, 0.4) is 0 Å². The van der Waals surface area contributed by atoms with Gasteiger partial charge in [-0.1, -0.05) is 0 Å². The number of nitrogens with two attached hydrogens (primary N) is 1. The summed E-state index contributed by atoms with van der Waals surface area (Å²) >= 11 is 0. The summed E-state index contributed by atoms with van der Waals surface area (Å²) in [5, 5.41) is 20.1. The predicted octanol–water partition coefficient (Wildman–Crippen LogP) is -0.272. The minimum absolute atomic E-state index is 0.308. The average Bonchev–Trinajstić information content (AvgIpc) is 2.45. The maximum absolute atomic E-state index is 11.5. The van der Waals surface area contributed by atoms with Crippen molar-refractivity contribution in [2.24, 2.45) is 5.73 Å². The van der Waals surface area contributed by atoms with Gasteiger partial charge in [0.2, 0.25) is 11.9 Å². The van der Waals surface area contributed by atoms with Crippen LogP contribution >= 0.6 is 0 Å². The smallest absolute Gasteiger partial charge is 0.320 e. The van der Waals surface area contributed by atoms with Gasteiger partial charge in [-0.15, -0.1) is 0 Å². The van der Waals surface area contributed by atoms with E-state index in [2.05, 4.69) is 0 Å². The summed E-state index contributed by atoms with van der Waals surface area (Å²) in [7, 11) is 0. The number of amides is 1. The lowest BCUT2D eigenvalue weighted by atomic mass is 10.1. The Kier molecular flexibility index (Phi) is 4.28. The van der Waals surface area contributed by atoms with E-state index in [0.29, 0.717) is 30.5 Å². The molecule has 7 nitrogen and oxygen atoms in total. The molecule has 0 saturated heterocycles. The molecule has 1 rings (SSSR count). The minimum atomic E-state index is -1.02. The highest BCUT2D eigenvalue weighted by atomic mass is 16.5. The Balaban J connectivity index is 2.37. The van der Waals surface area contributed by atoms with E-state index in [-0.39, 0.29) is 5.91 Å². The number of hydroxylamine groups is 1. The van der Waals surface area contributed by atoms with Crippen LogP contribution in [0.15, 0.2) is 0 Å². The Morgan fingerprint density at radius 2 is 2.22 bits per heavy atom. The first-order valence-electron chi connectivity index (χ1n) is 5.88. The molecule has 0 aliphatic carbocycles. The molecule has 0 saturated carbocycles. The minimum Gasteiger partial charge on any atom is -0.622 e. The van der Waals surface area contributed by atoms with E-state index in [1.807, 2.05) is 0 Å². The van der Waals surface area contributed by atoms with Crippen molar-refractivity contribution in [3.05, 3.63) is 5.21 Å². The number of carbonyl (C=O) groups excluding carboxylic acids is 1. The van der Waals surface area contributed by atoms with Gasteiger partial charge in [-0.05, 0) is 19.3 Å². The number of carbonyl (C=O) groups is 2. The van der Waals surface area contributed by atoms with Crippen molar-refractivity contribution in [1.29, 1.82) is 0 Å². The van der Waals surface area contributed by atoms with Gasteiger partial charge < -0.3 is 16.0 Å². The monoisotopic (exact) mass is 257 g/mol. The van der Waals surface area contributed by atoms with Gasteiger partial charge in [0.05, 0.1) is 0 Å². The number of hydrogen-bond acceptors (Lipinski definition) is 4. The Morgan fingerprint density at radius 1 is 1.61 bits per heavy atom. The molecule has 18 heavy (non-hydrogen) atoms. The highest BCUT2D eigenvalue weighted by molar-refractivity contribution is 6.25. The maximum Gasteiger partial charge on any atom is 0.320 e. The standard InChI is InChI=1S/C11H19N3O4/c1-11(2)13(9(15)7-14(11)18)6-4-3-5-8(12)10(16)17/h7-8H,3-6,12H2,1-2H3,(H,16,17)/t8-/m1/s1. The zero-order valence-electron chi connectivity index (χ0n) is 10.6. The van der Waals surface area contributed by atoms with Crippen LogP contribution in [-0.2, 0) is 9.59 Å². The lowest BCUT2D eigenvalue weighted by Gasteiger charge is -2.29. The summed E-state index contributed by atoms with van der Waals surface area (Å²) in [4.78, 5) is 23.5. The first-order chi connectivity index (χ1) is 8.26. The van der Waals surface area contributed by atoms with Crippen LogP contribution in [-0.4, -0.2) is 51.1 Å². The Bertz CT molecular complexity index is 378. The first kappa shape index (κ1) is 14.4. The SMILES string of the molecule is CC1(C)N(CCCC[C@@H](N)C(=O)O)C(=O)C=[N+]1[O-]. The number of nitrogens with zero attached hydrogens (tertiary/aromatic N) is 2. The van der Waals surface area contributed by atoms with Gasteiger partial charge >= 0.3 is 11.9 Å². The quantitative estimate of drug-likeness (QED) is 0.386. The highest BCUT2D eigenvalue weighted by Gasteiger charge is 2.43. The summed E-state index contributed by atoms with van der Waals surface area (Å²) in [5.74, 6) is -1.33. The summed E-state index contributed by atoms with van der Waals surface area (Å²) in [6.07, 6.45) is 2.62. The number of unbranched alkanes of at least 4 members (excludes halogenated alkanes) is 1. The largest absolute Gasteiger partial charge is 0.622 e. The van der Waals surface area contributed by atoms with Crippen molar-refractivity contribution >= 4 is 18.1 Å². The first-order valence-corrected chi connectivity index (χ1v) is 5.88. The molecular formula is C11H19N3O4. The normalized spacial score (nSPS) is 19.8. The van der Waals surface area contributed by atoms with Crippen molar-refractivity contribution < 1.29 is 19.4 Å². The molecule has 0 aromatic rings. The molecule has 0 fully saturated rings. The van der Waals surface area contributed by atoms with Crippen molar-refractivity contribution in [3.63, 3.8) is 0 Å². The van der Waals surface area contributed by atoms with Crippen molar-refractivity contribution in [2.75, 3.05) is 6.54 Å². The van der Waals surface area contributed by atoms with Crippen LogP contribution < -0.4 is 5.73 Å². The molecule has 0 radical (unpaired) electrons. The Hall–Kier alpha value is -1.63. The Morgan fingerprint density at radius 3 is 2.67 bits per heavy atom. The van der Waals surface area contributed by atoms with Crippen LogP contribution in [0.4, 0.5) is 0 Å². The summed E-state index contributed by atoms with van der Waals surface area (Å²) in [6.45, 7) is 3.77. The lowest BCUT2D eigenvalue weighted by molar-refractivity contribution is -0.553. The summed E-state index contributed by atoms with van der Waals surface area (Å²) in [6, 6.07) is -0.866. The van der Waals surface area contributed by atoms with E-state index < -0.39 is 17.7 Å². The van der Waals surface area contributed by atoms with Gasteiger partial charge in [-0.25, -0.2) is 0 Å². The van der Waals surface area contributed by atoms with Crippen molar-refractivity contribution in [1.82, 2.24) is 4.90 Å². The number of carboxylic acids is 1. The van der Waals surface area contributed by atoms with Gasteiger partial charge in [-0.2, -0.15) is 4.74 Å².